The molecule has 0 saturated heterocycles. The fourth-order valence-electron chi connectivity index (χ4n) is 3.96. The van der Waals surface area contributed by atoms with Gasteiger partial charge in [0.05, 0.1) is 18.4 Å². The Bertz CT molecular complexity index is 1450. The summed E-state index contributed by atoms with van der Waals surface area (Å²) in [4.78, 5) is 13.1. The van der Waals surface area contributed by atoms with Gasteiger partial charge in [0.25, 0.3) is 5.56 Å². The summed E-state index contributed by atoms with van der Waals surface area (Å²) in [7, 11) is 1.65. The molecule has 0 radical (unpaired) electrons. The summed E-state index contributed by atoms with van der Waals surface area (Å²) in [5, 5.41) is 13.3. The minimum atomic E-state index is -0.184. The molecule has 7 nitrogen and oxygen atoms in total. The van der Waals surface area contributed by atoms with E-state index in [1.165, 1.54) is 0 Å². The molecule has 0 amide bonds. The number of fused-ring (bicyclic) bond motifs is 3. The number of benzene rings is 2. The highest BCUT2D eigenvalue weighted by molar-refractivity contribution is 5.84. The molecule has 0 bridgehead atoms. The van der Waals surface area contributed by atoms with E-state index in [0.29, 0.717) is 29.6 Å². The van der Waals surface area contributed by atoms with Crippen molar-refractivity contribution in [1.29, 1.82) is 0 Å². The van der Waals surface area contributed by atoms with E-state index in [0.717, 1.165) is 28.1 Å². The highest BCUT2D eigenvalue weighted by Gasteiger charge is 2.17. The van der Waals surface area contributed by atoms with Crippen LogP contribution in [0.4, 0.5) is 0 Å². The number of ether oxygens (including phenoxy) is 1. The molecule has 0 aliphatic heterocycles. The van der Waals surface area contributed by atoms with Gasteiger partial charge in [-0.25, -0.2) is 4.52 Å². The molecule has 2 aromatic carbocycles. The van der Waals surface area contributed by atoms with Crippen molar-refractivity contribution in [3.63, 3.8) is 0 Å². The molecular formula is C24H21N5O2. The Balaban J connectivity index is 1.57. The predicted molar refractivity (Wildman–Crippen MR) is 119 cm³/mol. The van der Waals surface area contributed by atoms with Crippen LogP contribution in [0.15, 0.2) is 71.7 Å². The summed E-state index contributed by atoms with van der Waals surface area (Å²) in [6, 6.07) is 19.7. The standard InChI is InChI=1S/C24H21N5O2/c1-16-21(18-9-4-3-5-10-18)23-26-25-22-19(29(23)27-16)13-15-28(24(22)30)14-12-17-8-6-7-11-20(17)31-2/h3-11,13,15H,12,14H2,1-2H3. The van der Waals surface area contributed by atoms with E-state index in [9.17, 15) is 4.79 Å². The molecule has 3 heterocycles. The zero-order valence-corrected chi connectivity index (χ0v) is 17.3. The zero-order chi connectivity index (χ0) is 21.4. The van der Waals surface area contributed by atoms with E-state index in [1.54, 1.807) is 22.4 Å². The number of hydrogen-bond acceptors (Lipinski definition) is 5. The third-order valence-corrected chi connectivity index (χ3v) is 5.50. The number of aromatic nitrogens is 5. The molecule has 0 atom stereocenters. The quantitative estimate of drug-likeness (QED) is 0.441. The number of rotatable bonds is 5. The lowest BCUT2D eigenvalue weighted by Crippen LogP contribution is -2.22. The van der Waals surface area contributed by atoms with Crippen molar-refractivity contribution >= 4 is 16.7 Å². The lowest BCUT2D eigenvalue weighted by Gasteiger charge is -2.10. The van der Waals surface area contributed by atoms with Crippen LogP contribution in [0.5, 0.6) is 5.75 Å². The Hall–Kier alpha value is -4.00. The number of pyridine rings is 1. The summed E-state index contributed by atoms with van der Waals surface area (Å²) in [6.45, 7) is 2.46. The van der Waals surface area contributed by atoms with E-state index in [-0.39, 0.29) is 5.56 Å². The van der Waals surface area contributed by atoms with Crippen molar-refractivity contribution in [2.75, 3.05) is 7.11 Å². The molecule has 0 spiro atoms. The third kappa shape index (κ3) is 3.24. The van der Waals surface area contributed by atoms with E-state index in [1.807, 2.05) is 67.6 Å². The Morgan fingerprint density at radius 3 is 2.55 bits per heavy atom. The van der Waals surface area contributed by atoms with Gasteiger partial charge < -0.3 is 9.30 Å². The first-order valence-corrected chi connectivity index (χ1v) is 10.1. The van der Waals surface area contributed by atoms with Gasteiger partial charge in [0.1, 0.15) is 11.3 Å². The van der Waals surface area contributed by atoms with Gasteiger partial charge in [-0.3, -0.25) is 4.79 Å². The maximum Gasteiger partial charge on any atom is 0.280 e. The third-order valence-electron chi connectivity index (χ3n) is 5.50. The molecule has 5 aromatic rings. The maximum absolute atomic E-state index is 13.1. The van der Waals surface area contributed by atoms with Crippen LogP contribution in [-0.4, -0.2) is 31.5 Å². The molecule has 0 aliphatic rings. The summed E-state index contributed by atoms with van der Waals surface area (Å²) in [5.41, 5.74) is 5.25. The molecule has 154 valence electrons. The van der Waals surface area contributed by atoms with Crippen LogP contribution in [-0.2, 0) is 13.0 Å². The SMILES string of the molecule is COc1ccccc1CCn1ccc2c(nnc3c(-c4ccccc4)c(C)nn32)c1=O. The monoisotopic (exact) mass is 411 g/mol. The number of para-hydroxylation sites is 1. The molecule has 0 aliphatic carbocycles. The van der Waals surface area contributed by atoms with Crippen molar-refractivity contribution < 1.29 is 4.74 Å². The van der Waals surface area contributed by atoms with Gasteiger partial charge in [-0.15, -0.1) is 10.2 Å². The lowest BCUT2D eigenvalue weighted by atomic mass is 10.1. The summed E-state index contributed by atoms with van der Waals surface area (Å²) in [5.74, 6) is 0.818. The highest BCUT2D eigenvalue weighted by Crippen LogP contribution is 2.27. The maximum atomic E-state index is 13.1. The van der Waals surface area contributed by atoms with Crippen molar-refractivity contribution in [3.8, 4) is 16.9 Å². The molecular weight excluding hydrogens is 390 g/mol. The lowest BCUT2D eigenvalue weighted by molar-refractivity contribution is 0.408. The fourth-order valence-corrected chi connectivity index (χ4v) is 3.96. The smallest absolute Gasteiger partial charge is 0.280 e. The van der Waals surface area contributed by atoms with Gasteiger partial charge in [-0.2, -0.15) is 5.10 Å². The average Bonchev–Trinajstić information content (AvgIpc) is 3.15. The van der Waals surface area contributed by atoms with E-state index in [4.69, 9.17) is 4.74 Å². The summed E-state index contributed by atoms with van der Waals surface area (Å²) in [6.07, 6.45) is 2.46. The Kier molecular flexibility index (Phi) is 4.71. The molecule has 3 aromatic heterocycles. The predicted octanol–water partition coefficient (Wildman–Crippen LogP) is 3.67. The summed E-state index contributed by atoms with van der Waals surface area (Å²) < 4.78 is 8.78. The van der Waals surface area contributed by atoms with Crippen LogP contribution < -0.4 is 10.3 Å². The molecule has 0 unspecified atom stereocenters. The summed E-state index contributed by atoms with van der Waals surface area (Å²) >= 11 is 0. The number of aryl methyl sites for hydroxylation is 3. The van der Waals surface area contributed by atoms with Gasteiger partial charge >= 0.3 is 0 Å². The molecule has 0 saturated carbocycles. The molecule has 0 N–H and O–H groups in total. The largest absolute Gasteiger partial charge is 0.496 e. The Morgan fingerprint density at radius 1 is 0.968 bits per heavy atom. The second kappa shape index (κ2) is 7.68. The van der Waals surface area contributed by atoms with Crippen molar-refractivity contribution in [2.24, 2.45) is 0 Å². The minimum Gasteiger partial charge on any atom is -0.496 e. The van der Waals surface area contributed by atoms with Crippen LogP contribution in [0, 0.1) is 6.92 Å². The molecule has 5 rings (SSSR count). The number of nitrogens with zero attached hydrogens (tertiary/aromatic N) is 5. The van der Waals surface area contributed by atoms with Crippen molar-refractivity contribution in [2.45, 2.75) is 19.9 Å². The first kappa shape index (κ1) is 19.0. The zero-order valence-electron chi connectivity index (χ0n) is 17.3. The fraction of sp³-hybridized carbons (Fsp3) is 0.167. The molecule has 0 fully saturated rings. The van der Waals surface area contributed by atoms with E-state index < -0.39 is 0 Å². The van der Waals surface area contributed by atoms with Crippen LogP contribution in [0.1, 0.15) is 11.3 Å². The van der Waals surface area contributed by atoms with Gasteiger partial charge in [-0.05, 0) is 36.6 Å². The molecule has 31 heavy (non-hydrogen) atoms. The second-order valence-corrected chi connectivity index (χ2v) is 7.37. The first-order chi connectivity index (χ1) is 15.2. The van der Waals surface area contributed by atoms with E-state index in [2.05, 4.69) is 15.3 Å². The Labute approximate surface area is 178 Å². The van der Waals surface area contributed by atoms with Gasteiger partial charge in [0, 0.05) is 12.7 Å². The van der Waals surface area contributed by atoms with Crippen LogP contribution in [0.2, 0.25) is 0 Å². The van der Waals surface area contributed by atoms with Crippen molar-refractivity contribution in [1.82, 2.24) is 24.4 Å². The second-order valence-electron chi connectivity index (χ2n) is 7.37. The molecule has 7 heteroatoms. The van der Waals surface area contributed by atoms with Gasteiger partial charge in [0.2, 0.25) is 0 Å². The van der Waals surface area contributed by atoms with Gasteiger partial charge in [0.15, 0.2) is 11.2 Å². The minimum absolute atomic E-state index is 0.184. The normalized spacial score (nSPS) is 11.3. The Morgan fingerprint density at radius 2 is 1.74 bits per heavy atom. The highest BCUT2D eigenvalue weighted by atomic mass is 16.5. The topological polar surface area (TPSA) is 74.3 Å². The average molecular weight is 411 g/mol. The van der Waals surface area contributed by atoms with E-state index >= 15 is 0 Å². The van der Waals surface area contributed by atoms with Crippen molar-refractivity contribution in [3.05, 3.63) is 88.5 Å². The van der Waals surface area contributed by atoms with Crippen LogP contribution >= 0.6 is 0 Å². The van der Waals surface area contributed by atoms with Crippen LogP contribution in [0.3, 0.4) is 0 Å². The van der Waals surface area contributed by atoms with Gasteiger partial charge in [-0.1, -0.05) is 48.5 Å². The first-order valence-electron chi connectivity index (χ1n) is 10.1. The number of hydrogen-bond donors (Lipinski definition) is 0. The number of methoxy groups -OCH3 is 1. The van der Waals surface area contributed by atoms with Crippen LogP contribution in [0.25, 0.3) is 27.8 Å².